The second kappa shape index (κ2) is 5.31. The fourth-order valence-corrected chi connectivity index (χ4v) is 2.06. The van der Waals surface area contributed by atoms with Crippen molar-refractivity contribution in [3.63, 3.8) is 0 Å². The van der Waals surface area contributed by atoms with E-state index in [9.17, 15) is 4.79 Å². The van der Waals surface area contributed by atoms with Gasteiger partial charge >= 0.3 is 5.97 Å². The quantitative estimate of drug-likeness (QED) is 0.859. The van der Waals surface area contributed by atoms with Crippen molar-refractivity contribution < 1.29 is 14.3 Å². The second-order valence-corrected chi connectivity index (χ2v) is 4.65. The van der Waals surface area contributed by atoms with Gasteiger partial charge in [0.2, 0.25) is 0 Å². The van der Waals surface area contributed by atoms with Crippen LogP contribution in [0.5, 0.6) is 0 Å². The number of carboxylic acid groups (broad SMARTS) is 1. The van der Waals surface area contributed by atoms with E-state index in [2.05, 4.69) is 20.9 Å². The molecule has 90 valence electrons. The minimum atomic E-state index is -0.759. The number of aromatic nitrogens is 1. The number of carboxylic acids is 1. The molecule has 4 nitrogen and oxygen atoms in total. The molecule has 0 unspecified atom stereocenters. The van der Waals surface area contributed by atoms with Crippen molar-refractivity contribution in [3.8, 4) is 0 Å². The van der Waals surface area contributed by atoms with E-state index < -0.39 is 5.97 Å². The summed E-state index contributed by atoms with van der Waals surface area (Å²) in [5, 5.41) is 8.52. The number of aryl methyl sites for hydroxylation is 1. The molecule has 0 saturated heterocycles. The van der Waals surface area contributed by atoms with Gasteiger partial charge in [0.25, 0.3) is 0 Å². The third-order valence-electron chi connectivity index (χ3n) is 2.44. The average Bonchev–Trinajstić information content (AvgIpc) is 2.69. The maximum Gasteiger partial charge on any atom is 0.303 e. The van der Waals surface area contributed by atoms with Crippen molar-refractivity contribution in [2.75, 3.05) is 0 Å². The number of carbonyl (C=O) groups is 1. The largest absolute Gasteiger partial charge is 0.481 e. The number of oxazole rings is 1. The maximum absolute atomic E-state index is 10.4. The van der Waals surface area contributed by atoms with Crippen molar-refractivity contribution in [2.45, 2.75) is 25.7 Å². The van der Waals surface area contributed by atoms with E-state index in [-0.39, 0.29) is 6.42 Å². The van der Waals surface area contributed by atoms with Gasteiger partial charge in [0.1, 0.15) is 5.52 Å². The molecule has 5 heteroatoms. The molecular weight excluding hydrogens is 286 g/mol. The third kappa shape index (κ3) is 3.06. The lowest BCUT2D eigenvalue weighted by molar-refractivity contribution is -0.137. The zero-order valence-electron chi connectivity index (χ0n) is 9.15. The zero-order valence-corrected chi connectivity index (χ0v) is 10.7. The number of nitrogens with zero attached hydrogens (tertiary/aromatic N) is 1. The standard InChI is InChI=1S/C12H12BrNO3/c13-8-4-3-5-9-12(8)17-10(14-9)6-1-2-7-11(15)16/h3-5H,1-2,6-7H2,(H,15,16). The van der Waals surface area contributed by atoms with Crippen LogP contribution in [-0.4, -0.2) is 16.1 Å². The van der Waals surface area contributed by atoms with Gasteiger partial charge in [0.15, 0.2) is 11.5 Å². The molecule has 0 aliphatic heterocycles. The summed E-state index contributed by atoms with van der Waals surface area (Å²) in [6.45, 7) is 0. The van der Waals surface area contributed by atoms with E-state index in [0.717, 1.165) is 22.0 Å². The normalized spacial score (nSPS) is 10.9. The molecule has 0 bridgehead atoms. The molecule has 0 atom stereocenters. The summed E-state index contributed by atoms with van der Waals surface area (Å²) in [5.41, 5.74) is 1.58. The highest BCUT2D eigenvalue weighted by Crippen LogP contribution is 2.25. The minimum absolute atomic E-state index is 0.198. The number of para-hydroxylation sites is 1. The maximum atomic E-state index is 10.4. The van der Waals surface area contributed by atoms with Crippen LogP contribution in [0.3, 0.4) is 0 Å². The van der Waals surface area contributed by atoms with Crippen molar-refractivity contribution in [3.05, 3.63) is 28.6 Å². The molecule has 1 N–H and O–H groups in total. The molecule has 0 spiro atoms. The smallest absolute Gasteiger partial charge is 0.303 e. The molecule has 1 heterocycles. The van der Waals surface area contributed by atoms with Gasteiger partial charge in [-0.05, 0) is 40.9 Å². The molecule has 0 aliphatic carbocycles. The molecule has 17 heavy (non-hydrogen) atoms. The van der Waals surface area contributed by atoms with Crippen LogP contribution in [0, 0.1) is 0 Å². The molecule has 1 aromatic heterocycles. The number of unbranched alkanes of at least 4 members (excludes halogenated alkanes) is 1. The Morgan fingerprint density at radius 1 is 1.41 bits per heavy atom. The number of halogens is 1. The van der Waals surface area contributed by atoms with Gasteiger partial charge in [0, 0.05) is 12.8 Å². The fraction of sp³-hybridized carbons (Fsp3) is 0.333. The molecule has 0 amide bonds. The molecule has 0 saturated carbocycles. The summed E-state index contributed by atoms with van der Waals surface area (Å²) >= 11 is 3.40. The Bertz CT molecular complexity index is 536. The van der Waals surface area contributed by atoms with Crippen LogP contribution in [0.15, 0.2) is 27.1 Å². The Kier molecular flexibility index (Phi) is 3.78. The first-order valence-electron chi connectivity index (χ1n) is 5.42. The lowest BCUT2D eigenvalue weighted by Gasteiger charge is -1.94. The van der Waals surface area contributed by atoms with Crippen molar-refractivity contribution in [1.29, 1.82) is 0 Å². The molecular formula is C12H12BrNO3. The van der Waals surface area contributed by atoms with Gasteiger partial charge in [-0.3, -0.25) is 4.79 Å². The summed E-state index contributed by atoms with van der Waals surface area (Å²) in [6.07, 6.45) is 2.30. The predicted molar refractivity (Wildman–Crippen MR) is 66.9 cm³/mol. The summed E-state index contributed by atoms with van der Waals surface area (Å²) in [4.78, 5) is 14.7. The molecule has 0 fully saturated rings. The van der Waals surface area contributed by atoms with Gasteiger partial charge in [-0.25, -0.2) is 4.98 Å². The zero-order chi connectivity index (χ0) is 12.3. The molecule has 2 rings (SSSR count). The average molecular weight is 298 g/mol. The van der Waals surface area contributed by atoms with Crippen LogP contribution in [0.1, 0.15) is 25.2 Å². The van der Waals surface area contributed by atoms with Crippen molar-refractivity contribution >= 4 is 33.0 Å². The third-order valence-corrected chi connectivity index (χ3v) is 3.07. The Balaban J connectivity index is 2.00. The Hall–Kier alpha value is -1.36. The first-order valence-corrected chi connectivity index (χ1v) is 6.22. The van der Waals surface area contributed by atoms with E-state index in [1.54, 1.807) is 0 Å². The van der Waals surface area contributed by atoms with Gasteiger partial charge in [-0.2, -0.15) is 0 Å². The van der Waals surface area contributed by atoms with Crippen LogP contribution in [-0.2, 0) is 11.2 Å². The van der Waals surface area contributed by atoms with Gasteiger partial charge in [-0.1, -0.05) is 6.07 Å². The fourth-order valence-electron chi connectivity index (χ4n) is 1.62. The molecule has 0 aliphatic rings. The lowest BCUT2D eigenvalue weighted by Crippen LogP contribution is -1.94. The first kappa shape index (κ1) is 12.1. The van der Waals surface area contributed by atoms with Crippen LogP contribution < -0.4 is 0 Å². The summed E-state index contributed by atoms with van der Waals surface area (Å²) in [7, 11) is 0. The van der Waals surface area contributed by atoms with Gasteiger partial charge in [0.05, 0.1) is 4.47 Å². The number of aliphatic carboxylic acids is 1. The highest BCUT2D eigenvalue weighted by molar-refractivity contribution is 9.10. The van der Waals surface area contributed by atoms with Crippen LogP contribution in [0.25, 0.3) is 11.1 Å². The Morgan fingerprint density at radius 3 is 2.94 bits per heavy atom. The first-order chi connectivity index (χ1) is 8.16. The molecule has 2 aromatic rings. The monoisotopic (exact) mass is 297 g/mol. The SMILES string of the molecule is O=C(O)CCCCc1nc2cccc(Br)c2o1. The predicted octanol–water partition coefficient (Wildman–Crippen LogP) is 3.39. The van der Waals surface area contributed by atoms with E-state index in [1.165, 1.54) is 0 Å². The van der Waals surface area contributed by atoms with Crippen molar-refractivity contribution in [1.82, 2.24) is 4.98 Å². The molecule has 0 radical (unpaired) electrons. The summed E-state index contributed by atoms with van der Waals surface area (Å²) < 4.78 is 6.49. The number of benzene rings is 1. The van der Waals surface area contributed by atoms with E-state index in [1.807, 2.05) is 18.2 Å². The van der Waals surface area contributed by atoms with Crippen LogP contribution >= 0.6 is 15.9 Å². The van der Waals surface area contributed by atoms with E-state index in [0.29, 0.717) is 18.7 Å². The summed E-state index contributed by atoms with van der Waals surface area (Å²) in [6, 6.07) is 5.70. The van der Waals surface area contributed by atoms with Gasteiger partial charge < -0.3 is 9.52 Å². The Morgan fingerprint density at radius 2 is 2.24 bits per heavy atom. The summed E-state index contributed by atoms with van der Waals surface area (Å²) in [5.74, 6) is -0.0948. The minimum Gasteiger partial charge on any atom is -0.481 e. The van der Waals surface area contributed by atoms with E-state index in [4.69, 9.17) is 9.52 Å². The van der Waals surface area contributed by atoms with E-state index >= 15 is 0 Å². The van der Waals surface area contributed by atoms with Crippen molar-refractivity contribution in [2.24, 2.45) is 0 Å². The second-order valence-electron chi connectivity index (χ2n) is 3.80. The lowest BCUT2D eigenvalue weighted by atomic mass is 10.2. The number of hydrogen-bond donors (Lipinski definition) is 1. The topological polar surface area (TPSA) is 63.3 Å². The molecule has 1 aromatic carbocycles. The number of hydrogen-bond acceptors (Lipinski definition) is 3. The van der Waals surface area contributed by atoms with Gasteiger partial charge in [-0.15, -0.1) is 0 Å². The number of fused-ring (bicyclic) bond motifs is 1. The van der Waals surface area contributed by atoms with Crippen LogP contribution in [0.2, 0.25) is 0 Å². The highest BCUT2D eigenvalue weighted by Gasteiger charge is 2.08. The Labute approximate surface area is 107 Å². The highest BCUT2D eigenvalue weighted by atomic mass is 79.9. The number of rotatable bonds is 5. The van der Waals surface area contributed by atoms with Crippen LogP contribution in [0.4, 0.5) is 0 Å².